The van der Waals surface area contributed by atoms with Crippen molar-refractivity contribution in [3.8, 4) is 0 Å². The number of nitrogens with one attached hydrogen (secondary N) is 1. The van der Waals surface area contributed by atoms with E-state index in [1.807, 2.05) is 6.08 Å². The molecule has 0 spiro atoms. The molecule has 19 heteroatoms. The highest BCUT2D eigenvalue weighted by Crippen LogP contribution is 2.33. The number of unbranched alkanes of at least 4 members (excludes halogenated alkanes) is 47. The minimum Gasteiger partial charge on any atom is -0.394 e. The van der Waals surface area contributed by atoms with Crippen LogP contribution >= 0.6 is 0 Å². The molecule has 3 aliphatic heterocycles. The Labute approximate surface area is 649 Å². The molecule has 1 amide bonds. The zero-order valence-corrected chi connectivity index (χ0v) is 67.4. The first kappa shape index (κ1) is 98.7. The normalized spacial score (nSPS) is 25.8. The monoisotopic (exact) mass is 1520 g/mol. The summed E-state index contributed by atoms with van der Waals surface area (Å²) in [4.78, 5) is 13.5. The Morgan fingerprint density at radius 3 is 1.01 bits per heavy atom. The number of amides is 1. The second-order valence-electron chi connectivity index (χ2n) is 31.3. The number of carbonyl (C=O) groups excluding carboxylic acids is 1. The SMILES string of the molecule is CC/C=C\C/C=C\C/C=C\C/C=C\CCCCCCCCCCCCCCCCCCC(=O)NC(COC1OC(CO)C(OC2OC(CO)C(OC3OC(CO)C(O)C(O)C3O)C(O)C2O)C(O)C1O)C(O)/C=C/CCCCCCCCCCCCCCCCCCCCCCCCCCCCCCCCC. The second-order valence-corrected chi connectivity index (χ2v) is 31.3. The van der Waals surface area contributed by atoms with Crippen LogP contribution in [0.5, 0.6) is 0 Å². The molecule has 12 N–H and O–H groups in total. The minimum atomic E-state index is -1.98. The Bertz CT molecular complexity index is 2160. The van der Waals surface area contributed by atoms with Crippen LogP contribution in [0.25, 0.3) is 0 Å². The molecule has 0 aromatic heterocycles. The quantitative estimate of drug-likeness (QED) is 0.0199. The van der Waals surface area contributed by atoms with Crippen molar-refractivity contribution in [3.63, 3.8) is 0 Å². The summed E-state index contributed by atoms with van der Waals surface area (Å²) in [6.45, 7) is 1.68. The van der Waals surface area contributed by atoms with Gasteiger partial charge in [-0.25, -0.2) is 0 Å². The Kier molecular flexibility index (Phi) is 62.7. The number of aliphatic hydroxyl groups excluding tert-OH is 11. The molecule has 0 saturated carbocycles. The summed E-state index contributed by atoms with van der Waals surface area (Å²) in [6.07, 6.45) is 62.2. The molecule has 3 fully saturated rings. The maximum absolute atomic E-state index is 13.5. The first-order chi connectivity index (χ1) is 52.3. The molecule has 17 atom stereocenters. The Morgan fingerprint density at radius 2 is 0.645 bits per heavy atom. The number of rotatable bonds is 71. The van der Waals surface area contributed by atoms with E-state index in [9.17, 15) is 61.0 Å². The van der Waals surface area contributed by atoms with E-state index in [1.165, 1.54) is 263 Å². The van der Waals surface area contributed by atoms with Gasteiger partial charge < -0.3 is 89.9 Å². The fourth-order valence-corrected chi connectivity index (χ4v) is 14.8. The van der Waals surface area contributed by atoms with Crippen LogP contribution in [-0.4, -0.2) is 193 Å². The van der Waals surface area contributed by atoms with Crippen LogP contribution in [0, 0.1) is 0 Å². The number of allylic oxidation sites excluding steroid dienone is 9. The van der Waals surface area contributed by atoms with Gasteiger partial charge in [-0.15, -0.1) is 0 Å². The van der Waals surface area contributed by atoms with Crippen molar-refractivity contribution < 1.29 is 89.4 Å². The summed E-state index contributed by atoms with van der Waals surface area (Å²) in [6, 6.07) is -0.977. The lowest BCUT2D eigenvalue weighted by Crippen LogP contribution is -2.66. The predicted molar refractivity (Wildman–Crippen MR) is 429 cm³/mol. The van der Waals surface area contributed by atoms with Gasteiger partial charge >= 0.3 is 0 Å². The van der Waals surface area contributed by atoms with E-state index in [2.05, 4.69) is 67.8 Å². The molecule has 3 rings (SSSR count). The summed E-state index contributed by atoms with van der Waals surface area (Å²) in [5, 5.41) is 121. The van der Waals surface area contributed by atoms with E-state index in [0.29, 0.717) is 6.42 Å². The molecule has 0 aromatic carbocycles. The maximum atomic E-state index is 13.5. The Morgan fingerprint density at radius 1 is 0.346 bits per heavy atom. The molecule has 3 aliphatic rings. The minimum absolute atomic E-state index is 0.243. The zero-order valence-electron chi connectivity index (χ0n) is 67.4. The lowest BCUT2D eigenvalue weighted by Gasteiger charge is -2.48. The Hall–Kier alpha value is -2.51. The third kappa shape index (κ3) is 47.1. The van der Waals surface area contributed by atoms with Crippen molar-refractivity contribution in [3.05, 3.63) is 60.8 Å². The summed E-state index contributed by atoms with van der Waals surface area (Å²) in [7, 11) is 0. The lowest BCUT2D eigenvalue weighted by atomic mass is 9.96. The van der Waals surface area contributed by atoms with E-state index in [0.717, 1.165) is 70.6 Å². The molecule has 3 saturated heterocycles. The highest BCUT2D eigenvalue weighted by atomic mass is 16.8. The molecule has 19 nitrogen and oxygen atoms in total. The number of ether oxygens (including phenoxy) is 6. The van der Waals surface area contributed by atoms with Crippen LogP contribution in [0.15, 0.2) is 60.8 Å². The van der Waals surface area contributed by atoms with Gasteiger partial charge in [0.2, 0.25) is 5.91 Å². The van der Waals surface area contributed by atoms with Gasteiger partial charge in [0.25, 0.3) is 0 Å². The van der Waals surface area contributed by atoms with E-state index in [1.54, 1.807) is 6.08 Å². The fraction of sp³-hybridized carbons (Fsp3) is 0.875. The molecule has 3 heterocycles. The third-order valence-electron chi connectivity index (χ3n) is 21.8. The predicted octanol–water partition coefficient (Wildman–Crippen LogP) is 16.2. The molecule has 107 heavy (non-hydrogen) atoms. The van der Waals surface area contributed by atoms with Gasteiger partial charge in [0, 0.05) is 6.42 Å². The third-order valence-corrected chi connectivity index (χ3v) is 21.8. The summed E-state index contributed by atoms with van der Waals surface area (Å²) in [5.41, 5.74) is 0. The summed E-state index contributed by atoms with van der Waals surface area (Å²) in [5.74, 6) is -0.271. The van der Waals surface area contributed by atoms with Crippen molar-refractivity contribution in [1.82, 2.24) is 5.32 Å². The van der Waals surface area contributed by atoms with Crippen molar-refractivity contribution in [2.24, 2.45) is 0 Å². The van der Waals surface area contributed by atoms with Crippen LogP contribution in [0.2, 0.25) is 0 Å². The standard InChI is InChI=1S/C88H161NO18/c1-3-5-7-9-11-13-15-17-19-21-23-25-27-29-31-33-34-35-36-38-39-41-43-45-47-49-51-53-55-57-59-61-63-65-72(93)71(89-76(94)66-64-62-60-58-56-54-52-50-48-46-44-42-40-37-32-30-28-26-24-22-20-18-16-14-12-10-8-6-4-2)70-102-86-82(100)79(97)84(74(68-91)104-86)107-88-83(101)80(98)85(75(69-92)105-88)106-87-81(99)78(96)77(95)73(67-90)103-87/h6,8,12,14,18,20,24,26,63,65,71-75,77-88,90-93,95-101H,3-5,7,9-11,13,15-17,19,21-23,25,27-62,64,66-70H2,1-2H3,(H,89,94)/b8-6-,14-12-,20-18-,26-24-,65-63+. The maximum Gasteiger partial charge on any atom is 0.220 e. The molecule has 0 radical (unpaired) electrons. The highest BCUT2D eigenvalue weighted by Gasteiger charge is 2.54. The van der Waals surface area contributed by atoms with Crippen LogP contribution in [-0.2, 0) is 33.2 Å². The first-order valence-corrected chi connectivity index (χ1v) is 44.0. The average molecular weight is 1520 g/mol. The fourth-order valence-electron chi connectivity index (χ4n) is 14.8. The number of hydrogen-bond donors (Lipinski definition) is 12. The highest BCUT2D eigenvalue weighted by molar-refractivity contribution is 5.76. The smallest absolute Gasteiger partial charge is 0.220 e. The summed E-state index contributed by atoms with van der Waals surface area (Å²) < 4.78 is 34.5. The van der Waals surface area contributed by atoms with Gasteiger partial charge in [0.1, 0.15) is 73.2 Å². The summed E-state index contributed by atoms with van der Waals surface area (Å²) >= 11 is 0. The van der Waals surface area contributed by atoms with Gasteiger partial charge in [0.05, 0.1) is 38.6 Å². The average Bonchev–Trinajstić information content (AvgIpc) is 0.781. The van der Waals surface area contributed by atoms with Crippen LogP contribution < -0.4 is 5.32 Å². The molecular weight excluding hydrogens is 1360 g/mol. The van der Waals surface area contributed by atoms with Crippen molar-refractivity contribution in [2.75, 3.05) is 26.4 Å². The molecule has 626 valence electrons. The first-order valence-electron chi connectivity index (χ1n) is 44.0. The molecule has 17 unspecified atom stereocenters. The van der Waals surface area contributed by atoms with Gasteiger partial charge in [-0.3, -0.25) is 4.79 Å². The number of carbonyl (C=O) groups is 1. The Balaban J connectivity index is 1.34. The van der Waals surface area contributed by atoms with Gasteiger partial charge in [-0.2, -0.15) is 0 Å². The van der Waals surface area contributed by atoms with Crippen molar-refractivity contribution >= 4 is 5.91 Å². The second kappa shape index (κ2) is 67.9. The topological polar surface area (TPSA) is 307 Å². The lowest BCUT2D eigenvalue weighted by molar-refractivity contribution is -0.379. The van der Waals surface area contributed by atoms with Gasteiger partial charge in [0.15, 0.2) is 18.9 Å². The molecule has 0 bridgehead atoms. The largest absolute Gasteiger partial charge is 0.394 e. The van der Waals surface area contributed by atoms with E-state index >= 15 is 0 Å². The van der Waals surface area contributed by atoms with Crippen LogP contribution in [0.3, 0.4) is 0 Å². The van der Waals surface area contributed by atoms with E-state index in [-0.39, 0.29) is 18.9 Å². The van der Waals surface area contributed by atoms with Gasteiger partial charge in [-0.05, 0) is 57.8 Å². The van der Waals surface area contributed by atoms with Crippen molar-refractivity contribution in [1.29, 1.82) is 0 Å². The van der Waals surface area contributed by atoms with Crippen LogP contribution in [0.1, 0.15) is 361 Å². The number of hydrogen-bond acceptors (Lipinski definition) is 18. The molecular formula is C88H161NO18. The van der Waals surface area contributed by atoms with Gasteiger partial charge in [-0.1, -0.05) is 357 Å². The number of aliphatic hydroxyl groups is 11. The molecule has 0 aliphatic carbocycles. The molecule has 0 aromatic rings. The van der Waals surface area contributed by atoms with E-state index in [4.69, 9.17) is 28.4 Å². The van der Waals surface area contributed by atoms with Crippen molar-refractivity contribution in [2.45, 2.75) is 465 Å². The van der Waals surface area contributed by atoms with Crippen LogP contribution in [0.4, 0.5) is 0 Å². The van der Waals surface area contributed by atoms with E-state index < -0.39 is 124 Å². The zero-order chi connectivity index (χ0) is 77.4.